The molecule has 156 valence electrons. The molecule has 1 aromatic carbocycles. The Morgan fingerprint density at radius 2 is 1.86 bits per heavy atom. The minimum Gasteiger partial charge on any atom is -0.497 e. The number of nitrogens with one attached hydrogen (secondary N) is 1. The molecule has 0 bridgehead atoms. The lowest BCUT2D eigenvalue weighted by atomic mass is 10.0. The summed E-state index contributed by atoms with van der Waals surface area (Å²) in [7, 11) is 1.53. The highest BCUT2D eigenvalue weighted by atomic mass is 32.1. The summed E-state index contributed by atoms with van der Waals surface area (Å²) in [5, 5.41) is 2.90. The van der Waals surface area contributed by atoms with Crippen molar-refractivity contribution in [1.82, 2.24) is 9.69 Å². The van der Waals surface area contributed by atoms with Crippen molar-refractivity contribution in [3.05, 3.63) is 34.8 Å². The van der Waals surface area contributed by atoms with Gasteiger partial charge in [-0.1, -0.05) is 6.92 Å². The Hall–Kier alpha value is -3.14. The van der Waals surface area contributed by atoms with Gasteiger partial charge in [-0.05, 0) is 56.1 Å². The van der Waals surface area contributed by atoms with Crippen molar-refractivity contribution in [1.29, 1.82) is 0 Å². The van der Waals surface area contributed by atoms with E-state index in [0.717, 1.165) is 18.0 Å². The third-order valence-electron chi connectivity index (χ3n) is 4.45. The molecule has 0 aliphatic rings. The van der Waals surface area contributed by atoms with Crippen LogP contribution < -0.4 is 26.4 Å². The SMILES string of the molecule is CCC(C)(C)NC(=O)CN(C(=O)c1snc(C(N)=O)c1N)c1ccc(OC)cc1. The Balaban J connectivity index is 2.39. The van der Waals surface area contributed by atoms with Crippen LogP contribution in [0.4, 0.5) is 11.4 Å². The summed E-state index contributed by atoms with van der Waals surface area (Å²) >= 11 is 0.765. The van der Waals surface area contributed by atoms with Crippen molar-refractivity contribution in [2.75, 3.05) is 24.3 Å². The standard InChI is InChI=1S/C19H25N5O4S/c1-5-19(2,3)22-13(25)10-24(11-6-8-12(28-4)9-7-11)18(27)16-14(20)15(17(21)26)23-29-16/h6-9H,5,10,20H2,1-4H3,(H2,21,26)(H,22,25). The second-order valence-electron chi connectivity index (χ2n) is 7.01. The fraction of sp³-hybridized carbons (Fsp3) is 0.368. The minimum atomic E-state index is -0.823. The molecule has 0 saturated heterocycles. The first-order valence-corrected chi connectivity index (χ1v) is 9.68. The Kier molecular flexibility index (Phi) is 6.80. The minimum absolute atomic E-state index is 0.0390. The normalized spacial score (nSPS) is 11.0. The monoisotopic (exact) mass is 419 g/mol. The van der Waals surface area contributed by atoms with Crippen molar-refractivity contribution in [3.8, 4) is 5.75 Å². The molecule has 0 radical (unpaired) electrons. The van der Waals surface area contributed by atoms with Crippen molar-refractivity contribution >= 4 is 40.6 Å². The zero-order chi connectivity index (χ0) is 21.8. The van der Waals surface area contributed by atoms with Crippen LogP contribution in [0.5, 0.6) is 5.75 Å². The highest BCUT2D eigenvalue weighted by Gasteiger charge is 2.28. The molecule has 1 aromatic heterocycles. The number of aromatic nitrogens is 1. The van der Waals surface area contributed by atoms with Gasteiger partial charge in [0.05, 0.1) is 12.8 Å². The Bertz CT molecular complexity index is 908. The van der Waals surface area contributed by atoms with Crippen molar-refractivity contribution in [3.63, 3.8) is 0 Å². The van der Waals surface area contributed by atoms with E-state index in [9.17, 15) is 14.4 Å². The maximum Gasteiger partial charge on any atom is 0.272 e. The second-order valence-corrected chi connectivity index (χ2v) is 7.79. The molecule has 0 aliphatic carbocycles. The first-order chi connectivity index (χ1) is 13.6. The van der Waals surface area contributed by atoms with Crippen molar-refractivity contribution < 1.29 is 19.1 Å². The molecular weight excluding hydrogens is 394 g/mol. The number of amides is 3. The van der Waals surface area contributed by atoms with Gasteiger partial charge < -0.3 is 21.5 Å². The largest absolute Gasteiger partial charge is 0.497 e. The number of hydrogen-bond donors (Lipinski definition) is 3. The Morgan fingerprint density at radius 3 is 2.34 bits per heavy atom. The molecule has 0 aliphatic heterocycles. The van der Waals surface area contributed by atoms with E-state index in [4.69, 9.17) is 16.2 Å². The molecule has 2 rings (SSSR count). The van der Waals surface area contributed by atoms with E-state index in [-0.39, 0.29) is 28.7 Å². The molecule has 2 aromatic rings. The van der Waals surface area contributed by atoms with Gasteiger partial charge in [-0.25, -0.2) is 0 Å². The number of methoxy groups -OCH3 is 1. The third kappa shape index (κ3) is 5.23. The average Bonchev–Trinajstić information content (AvgIpc) is 3.07. The number of carbonyl (C=O) groups excluding carboxylic acids is 3. The molecule has 0 spiro atoms. The third-order valence-corrected chi connectivity index (χ3v) is 5.30. The Labute approximate surface area is 173 Å². The number of rotatable bonds is 8. The summed E-state index contributed by atoms with van der Waals surface area (Å²) in [5.74, 6) is -1.11. The predicted octanol–water partition coefficient (Wildman–Crippen LogP) is 1.78. The summed E-state index contributed by atoms with van der Waals surface area (Å²) in [4.78, 5) is 38.5. The van der Waals surface area contributed by atoms with Gasteiger partial charge in [0.1, 0.15) is 17.2 Å². The molecule has 0 saturated carbocycles. The van der Waals surface area contributed by atoms with Gasteiger partial charge in [-0.2, -0.15) is 4.37 Å². The van der Waals surface area contributed by atoms with Crippen LogP contribution in [0.15, 0.2) is 24.3 Å². The lowest BCUT2D eigenvalue weighted by Crippen LogP contribution is -2.48. The van der Waals surface area contributed by atoms with E-state index in [1.54, 1.807) is 24.3 Å². The van der Waals surface area contributed by atoms with E-state index < -0.39 is 17.4 Å². The van der Waals surface area contributed by atoms with E-state index >= 15 is 0 Å². The highest BCUT2D eigenvalue weighted by Crippen LogP contribution is 2.27. The molecular formula is C19H25N5O4S. The first-order valence-electron chi connectivity index (χ1n) is 8.91. The maximum atomic E-state index is 13.2. The molecule has 5 N–H and O–H groups in total. The molecule has 0 fully saturated rings. The van der Waals surface area contributed by atoms with Crippen molar-refractivity contribution in [2.45, 2.75) is 32.7 Å². The second kappa shape index (κ2) is 8.91. The smallest absolute Gasteiger partial charge is 0.272 e. The predicted molar refractivity (Wildman–Crippen MR) is 112 cm³/mol. The lowest BCUT2D eigenvalue weighted by Gasteiger charge is -2.27. The van der Waals surface area contributed by atoms with Crippen LogP contribution in [-0.4, -0.2) is 41.3 Å². The number of primary amides is 1. The maximum absolute atomic E-state index is 13.2. The number of anilines is 2. The van der Waals surface area contributed by atoms with Gasteiger partial charge in [-0.15, -0.1) is 0 Å². The number of nitrogens with zero attached hydrogens (tertiary/aromatic N) is 2. The molecule has 29 heavy (non-hydrogen) atoms. The van der Waals surface area contributed by atoms with Crippen molar-refractivity contribution in [2.24, 2.45) is 5.73 Å². The summed E-state index contributed by atoms with van der Waals surface area (Å²) < 4.78 is 9.01. The van der Waals surface area contributed by atoms with Gasteiger partial charge in [0.25, 0.3) is 11.8 Å². The fourth-order valence-electron chi connectivity index (χ4n) is 2.44. The van der Waals surface area contributed by atoms with Crippen LogP contribution in [0.2, 0.25) is 0 Å². The van der Waals surface area contributed by atoms with Crippen LogP contribution in [0.1, 0.15) is 47.4 Å². The number of ether oxygens (including phenoxy) is 1. The zero-order valence-corrected chi connectivity index (χ0v) is 17.6. The van der Waals surface area contributed by atoms with Gasteiger partial charge in [0.15, 0.2) is 5.69 Å². The van der Waals surface area contributed by atoms with Gasteiger partial charge in [-0.3, -0.25) is 19.3 Å². The van der Waals surface area contributed by atoms with Gasteiger partial charge in [0.2, 0.25) is 5.91 Å². The number of nitrogen functional groups attached to an aromatic ring is 1. The van der Waals surface area contributed by atoms with Crippen LogP contribution >= 0.6 is 11.5 Å². The molecule has 3 amide bonds. The number of nitrogens with two attached hydrogens (primary N) is 2. The first kappa shape index (κ1) is 22.2. The van der Waals surface area contributed by atoms with Crippen LogP contribution in [0, 0.1) is 0 Å². The molecule has 10 heteroatoms. The van der Waals surface area contributed by atoms with Crippen LogP contribution in [-0.2, 0) is 4.79 Å². The number of hydrogen-bond acceptors (Lipinski definition) is 7. The molecule has 9 nitrogen and oxygen atoms in total. The van der Waals surface area contributed by atoms with E-state index in [0.29, 0.717) is 11.4 Å². The van der Waals surface area contributed by atoms with E-state index in [1.165, 1.54) is 12.0 Å². The number of benzene rings is 1. The number of carbonyl (C=O) groups is 3. The zero-order valence-electron chi connectivity index (χ0n) is 16.8. The van der Waals surface area contributed by atoms with Crippen LogP contribution in [0.25, 0.3) is 0 Å². The van der Waals surface area contributed by atoms with E-state index in [1.807, 2.05) is 20.8 Å². The molecule has 0 atom stereocenters. The Morgan fingerprint density at radius 1 is 1.24 bits per heavy atom. The summed E-state index contributed by atoms with van der Waals surface area (Å²) in [6.45, 7) is 5.50. The summed E-state index contributed by atoms with van der Waals surface area (Å²) in [6, 6.07) is 6.66. The average molecular weight is 420 g/mol. The molecule has 0 unspecified atom stereocenters. The quantitative estimate of drug-likeness (QED) is 0.596. The van der Waals surface area contributed by atoms with Gasteiger partial charge in [0, 0.05) is 11.2 Å². The van der Waals surface area contributed by atoms with Crippen LogP contribution in [0.3, 0.4) is 0 Å². The highest BCUT2D eigenvalue weighted by molar-refractivity contribution is 7.09. The topological polar surface area (TPSA) is 141 Å². The molecule has 1 heterocycles. The summed E-state index contributed by atoms with van der Waals surface area (Å²) in [5.41, 5.74) is 10.9. The fourth-order valence-corrected chi connectivity index (χ4v) is 3.20. The van der Waals surface area contributed by atoms with Gasteiger partial charge >= 0.3 is 0 Å². The van der Waals surface area contributed by atoms with E-state index in [2.05, 4.69) is 9.69 Å². The summed E-state index contributed by atoms with van der Waals surface area (Å²) in [6.07, 6.45) is 0.721. The lowest BCUT2D eigenvalue weighted by molar-refractivity contribution is -0.121.